The predicted molar refractivity (Wildman–Crippen MR) is 79.9 cm³/mol. The first-order chi connectivity index (χ1) is 10.2. The lowest BCUT2D eigenvalue weighted by Gasteiger charge is -2.38. The summed E-state index contributed by atoms with van der Waals surface area (Å²) in [6.07, 6.45) is 2.19. The minimum Gasteiger partial charge on any atom is -0.394 e. The number of morpholine rings is 1. The molecule has 4 nitrogen and oxygen atoms in total. The molecule has 5 heteroatoms. The van der Waals surface area contributed by atoms with Gasteiger partial charge in [-0.05, 0) is 31.9 Å². The molecule has 0 spiro atoms. The summed E-state index contributed by atoms with van der Waals surface area (Å²) in [7, 11) is 0. The van der Waals surface area contributed by atoms with E-state index in [4.69, 9.17) is 4.74 Å². The second kappa shape index (κ2) is 6.30. The standard InChI is InChI=1S/C16H23FN2O2/c1-11-8-19(9-13(10-20)21-11)16-4-2-3-15(17)14(16)7-18-12-5-6-12/h2-4,11-13,18,20H,5-10H2,1H3. The molecule has 2 unspecified atom stereocenters. The molecule has 1 aliphatic carbocycles. The molecule has 0 bridgehead atoms. The number of anilines is 1. The van der Waals surface area contributed by atoms with Crippen molar-refractivity contribution in [3.8, 4) is 0 Å². The molecule has 2 aliphatic rings. The Bertz CT molecular complexity index is 493. The van der Waals surface area contributed by atoms with E-state index in [1.54, 1.807) is 6.07 Å². The molecule has 1 aromatic carbocycles. The molecular weight excluding hydrogens is 271 g/mol. The van der Waals surface area contributed by atoms with Gasteiger partial charge in [-0.25, -0.2) is 4.39 Å². The van der Waals surface area contributed by atoms with E-state index < -0.39 is 0 Å². The first-order valence-electron chi connectivity index (χ1n) is 7.69. The number of hydrogen-bond acceptors (Lipinski definition) is 4. The van der Waals surface area contributed by atoms with Crippen LogP contribution >= 0.6 is 0 Å². The molecule has 1 saturated heterocycles. The molecule has 2 fully saturated rings. The van der Waals surface area contributed by atoms with E-state index in [0.717, 1.165) is 17.8 Å². The second-order valence-electron chi connectivity index (χ2n) is 6.05. The molecule has 0 aromatic heterocycles. The maximum atomic E-state index is 14.2. The summed E-state index contributed by atoms with van der Waals surface area (Å²) < 4.78 is 19.9. The van der Waals surface area contributed by atoms with Crippen LogP contribution in [-0.2, 0) is 11.3 Å². The summed E-state index contributed by atoms with van der Waals surface area (Å²) in [6, 6.07) is 5.77. The van der Waals surface area contributed by atoms with Gasteiger partial charge in [0.05, 0.1) is 18.8 Å². The molecule has 1 heterocycles. The van der Waals surface area contributed by atoms with Gasteiger partial charge in [-0.1, -0.05) is 6.07 Å². The van der Waals surface area contributed by atoms with Gasteiger partial charge in [0, 0.05) is 36.9 Å². The number of halogens is 1. The maximum Gasteiger partial charge on any atom is 0.129 e. The lowest BCUT2D eigenvalue weighted by atomic mass is 10.1. The number of aliphatic hydroxyl groups is 1. The maximum absolute atomic E-state index is 14.2. The van der Waals surface area contributed by atoms with E-state index >= 15 is 0 Å². The average Bonchev–Trinajstić information content (AvgIpc) is 3.29. The zero-order valence-corrected chi connectivity index (χ0v) is 12.4. The van der Waals surface area contributed by atoms with Crippen LogP contribution in [0.25, 0.3) is 0 Å². The highest BCUT2D eigenvalue weighted by Gasteiger charge is 2.27. The number of benzene rings is 1. The lowest BCUT2D eigenvalue weighted by molar-refractivity contribution is -0.0421. The second-order valence-corrected chi connectivity index (χ2v) is 6.05. The van der Waals surface area contributed by atoms with Gasteiger partial charge < -0.3 is 20.1 Å². The van der Waals surface area contributed by atoms with Crippen molar-refractivity contribution in [1.82, 2.24) is 5.32 Å². The van der Waals surface area contributed by atoms with Crippen LogP contribution in [-0.4, -0.2) is 43.1 Å². The summed E-state index contributed by atoms with van der Waals surface area (Å²) in [5.74, 6) is -0.166. The highest BCUT2D eigenvalue weighted by molar-refractivity contribution is 5.55. The SMILES string of the molecule is CC1CN(c2cccc(F)c2CNC2CC2)CC(CO)O1. The third-order valence-electron chi connectivity index (χ3n) is 4.11. The largest absolute Gasteiger partial charge is 0.394 e. The van der Waals surface area contributed by atoms with Gasteiger partial charge in [-0.2, -0.15) is 0 Å². The predicted octanol–water partition coefficient (Wildman–Crippen LogP) is 1.66. The summed E-state index contributed by atoms with van der Waals surface area (Å²) >= 11 is 0. The molecule has 2 atom stereocenters. The number of nitrogens with one attached hydrogen (secondary N) is 1. The molecule has 1 saturated carbocycles. The first kappa shape index (κ1) is 14.8. The Hall–Kier alpha value is -1.17. The van der Waals surface area contributed by atoms with Crippen molar-refractivity contribution in [2.45, 2.75) is 44.6 Å². The van der Waals surface area contributed by atoms with E-state index in [-0.39, 0.29) is 24.6 Å². The molecule has 0 radical (unpaired) electrons. The van der Waals surface area contributed by atoms with E-state index in [0.29, 0.717) is 19.1 Å². The Morgan fingerprint density at radius 3 is 2.90 bits per heavy atom. The fourth-order valence-corrected chi connectivity index (χ4v) is 2.90. The molecular formula is C16H23FN2O2. The molecule has 0 amide bonds. The number of nitrogens with zero attached hydrogens (tertiary/aromatic N) is 1. The van der Waals surface area contributed by atoms with Gasteiger partial charge in [0.1, 0.15) is 5.82 Å². The molecule has 116 valence electrons. The Kier molecular flexibility index (Phi) is 4.42. The van der Waals surface area contributed by atoms with Crippen LogP contribution in [0.1, 0.15) is 25.3 Å². The molecule has 3 rings (SSSR count). The minimum atomic E-state index is -0.207. The number of rotatable bonds is 5. The van der Waals surface area contributed by atoms with Gasteiger partial charge in [0.25, 0.3) is 0 Å². The third kappa shape index (κ3) is 3.54. The van der Waals surface area contributed by atoms with Crippen molar-refractivity contribution in [3.05, 3.63) is 29.6 Å². The highest BCUT2D eigenvalue weighted by Crippen LogP contribution is 2.28. The Morgan fingerprint density at radius 1 is 1.38 bits per heavy atom. The average molecular weight is 294 g/mol. The topological polar surface area (TPSA) is 44.7 Å². The van der Waals surface area contributed by atoms with Gasteiger partial charge >= 0.3 is 0 Å². The highest BCUT2D eigenvalue weighted by atomic mass is 19.1. The Balaban J connectivity index is 1.80. The zero-order chi connectivity index (χ0) is 14.8. The zero-order valence-electron chi connectivity index (χ0n) is 12.4. The Morgan fingerprint density at radius 2 is 2.19 bits per heavy atom. The fraction of sp³-hybridized carbons (Fsp3) is 0.625. The number of ether oxygens (including phenoxy) is 1. The minimum absolute atomic E-state index is 0.00812. The third-order valence-corrected chi connectivity index (χ3v) is 4.11. The van der Waals surface area contributed by atoms with Gasteiger partial charge in [-0.15, -0.1) is 0 Å². The molecule has 1 aliphatic heterocycles. The van der Waals surface area contributed by atoms with Gasteiger partial charge in [0.15, 0.2) is 0 Å². The molecule has 2 N–H and O–H groups in total. The molecule has 1 aromatic rings. The van der Waals surface area contributed by atoms with Crippen molar-refractivity contribution in [1.29, 1.82) is 0 Å². The van der Waals surface area contributed by atoms with Crippen LogP contribution in [0.4, 0.5) is 10.1 Å². The van der Waals surface area contributed by atoms with E-state index in [9.17, 15) is 9.50 Å². The quantitative estimate of drug-likeness (QED) is 0.867. The summed E-state index contributed by atoms with van der Waals surface area (Å²) in [6.45, 7) is 3.85. The van der Waals surface area contributed by atoms with Crippen molar-refractivity contribution in [2.24, 2.45) is 0 Å². The smallest absolute Gasteiger partial charge is 0.129 e. The normalized spacial score (nSPS) is 26.1. The van der Waals surface area contributed by atoms with Gasteiger partial charge in [-0.3, -0.25) is 0 Å². The van der Waals surface area contributed by atoms with E-state index in [1.165, 1.54) is 18.9 Å². The van der Waals surface area contributed by atoms with Crippen LogP contribution in [0.3, 0.4) is 0 Å². The molecule has 21 heavy (non-hydrogen) atoms. The van der Waals surface area contributed by atoms with Crippen LogP contribution in [0, 0.1) is 5.82 Å². The number of hydrogen-bond donors (Lipinski definition) is 2. The lowest BCUT2D eigenvalue weighted by Crippen LogP contribution is -2.48. The first-order valence-corrected chi connectivity index (χ1v) is 7.69. The summed E-state index contributed by atoms with van der Waals surface area (Å²) in [5.41, 5.74) is 1.63. The van der Waals surface area contributed by atoms with Gasteiger partial charge in [0.2, 0.25) is 0 Å². The van der Waals surface area contributed by atoms with Crippen LogP contribution in [0.5, 0.6) is 0 Å². The van der Waals surface area contributed by atoms with E-state index in [2.05, 4.69) is 10.2 Å². The van der Waals surface area contributed by atoms with Crippen molar-refractivity contribution < 1.29 is 14.2 Å². The monoisotopic (exact) mass is 294 g/mol. The van der Waals surface area contributed by atoms with Crippen LogP contribution in [0.15, 0.2) is 18.2 Å². The summed E-state index contributed by atoms with van der Waals surface area (Å²) in [5, 5.41) is 12.7. The fourth-order valence-electron chi connectivity index (χ4n) is 2.90. The summed E-state index contributed by atoms with van der Waals surface area (Å²) in [4.78, 5) is 2.13. The Labute approximate surface area is 124 Å². The van der Waals surface area contributed by atoms with Crippen LogP contribution < -0.4 is 10.2 Å². The van der Waals surface area contributed by atoms with Crippen molar-refractivity contribution in [2.75, 3.05) is 24.6 Å². The van der Waals surface area contributed by atoms with Crippen LogP contribution in [0.2, 0.25) is 0 Å². The van der Waals surface area contributed by atoms with Crippen molar-refractivity contribution >= 4 is 5.69 Å². The number of aliphatic hydroxyl groups excluding tert-OH is 1. The van der Waals surface area contributed by atoms with Crippen molar-refractivity contribution in [3.63, 3.8) is 0 Å². The van der Waals surface area contributed by atoms with E-state index in [1.807, 2.05) is 13.0 Å².